The molecular formula is C24H57N7O5S. The molecule has 13 heteroatoms. The molecule has 0 unspecified atom stereocenters. The predicted molar refractivity (Wildman–Crippen MR) is 158 cm³/mol. The van der Waals surface area contributed by atoms with Crippen LogP contribution in [0.4, 0.5) is 0 Å². The van der Waals surface area contributed by atoms with Crippen LogP contribution < -0.4 is 36.6 Å². The van der Waals surface area contributed by atoms with Crippen molar-refractivity contribution in [3.05, 3.63) is 24.6 Å². The molecule has 0 spiro atoms. The average molecular weight is 556 g/mol. The molecule has 0 aromatic carbocycles. The van der Waals surface area contributed by atoms with Crippen molar-refractivity contribution in [3.63, 3.8) is 0 Å². The fourth-order valence-electron chi connectivity index (χ4n) is 1.52. The fraction of sp³-hybridized carbons (Fsp3) is 0.708. The standard InChI is InChI=1S/C7H14N2O.C6H14N2O.C5H12N2O3S.C4H9N.2CH4/c1-6(2)8-4-5-9-7(3)10;1-6(9)8-5-3-4-7-2;1-5(8)6-3-4-7-11(2,9)10;1-4(2)5-3;;/h8H,1,4-5H2,2-3H3,(H,9,10);7H,3-5H2,1-2H3,(H,8,9);7H,3-4H2,1-2H3,(H,6,8);5H,1H2,2-3H3;2*1H4. The van der Waals surface area contributed by atoms with E-state index in [0.29, 0.717) is 13.1 Å². The smallest absolute Gasteiger partial charge is 0.216 e. The van der Waals surface area contributed by atoms with Crippen molar-refractivity contribution in [2.24, 2.45) is 0 Å². The third-order valence-electron chi connectivity index (χ3n) is 3.19. The zero-order valence-corrected chi connectivity index (χ0v) is 23.6. The summed E-state index contributed by atoms with van der Waals surface area (Å²) in [5.41, 5.74) is 1.93. The van der Waals surface area contributed by atoms with Gasteiger partial charge >= 0.3 is 0 Å². The van der Waals surface area contributed by atoms with E-state index < -0.39 is 10.0 Å². The summed E-state index contributed by atoms with van der Waals surface area (Å²) in [5.74, 6) is -0.116. The topological polar surface area (TPSA) is 170 Å². The van der Waals surface area contributed by atoms with Crippen molar-refractivity contribution in [1.82, 2.24) is 36.6 Å². The molecular weight excluding hydrogens is 498 g/mol. The van der Waals surface area contributed by atoms with E-state index in [1.807, 2.05) is 27.9 Å². The number of sulfonamides is 1. The summed E-state index contributed by atoms with van der Waals surface area (Å²) in [4.78, 5) is 30.9. The molecule has 0 saturated heterocycles. The van der Waals surface area contributed by atoms with Gasteiger partial charge in [0.05, 0.1) is 6.26 Å². The van der Waals surface area contributed by atoms with Gasteiger partial charge in [0, 0.05) is 66.2 Å². The van der Waals surface area contributed by atoms with Crippen LogP contribution in [-0.4, -0.2) is 85.8 Å². The van der Waals surface area contributed by atoms with Gasteiger partial charge in [-0.15, -0.1) is 0 Å². The molecule has 7 N–H and O–H groups in total. The van der Waals surface area contributed by atoms with Crippen LogP contribution in [0.3, 0.4) is 0 Å². The Balaban J connectivity index is -0.0000000875. The summed E-state index contributed by atoms with van der Waals surface area (Å²) in [7, 11) is 0.623. The van der Waals surface area contributed by atoms with E-state index in [-0.39, 0.29) is 39.1 Å². The van der Waals surface area contributed by atoms with E-state index in [4.69, 9.17) is 0 Å². The molecule has 0 aliphatic heterocycles. The van der Waals surface area contributed by atoms with Crippen LogP contribution in [0.25, 0.3) is 0 Å². The Labute approximate surface area is 227 Å². The normalized spacial score (nSPS) is 8.76. The highest BCUT2D eigenvalue weighted by Crippen LogP contribution is 1.74. The Hall–Kier alpha value is -2.64. The maximum absolute atomic E-state index is 10.5. The third-order valence-corrected chi connectivity index (χ3v) is 3.92. The molecule has 0 aliphatic rings. The molecule has 0 rings (SSSR count). The molecule has 0 aromatic heterocycles. The minimum absolute atomic E-state index is 0. The summed E-state index contributed by atoms with van der Waals surface area (Å²) in [6.07, 6.45) is 2.07. The number of rotatable bonds is 13. The van der Waals surface area contributed by atoms with E-state index in [2.05, 4.69) is 49.8 Å². The molecule has 224 valence electrons. The van der Waals surface area contributed by atoms with Gasteiger partial charge in [-0.1, -0.05) is 28.0 Å². The molecule has 0 fully saturated rings. The first-order valence-electron chi connectivity index (χ1n) is 11.1. The highest BCUT2D eigenvalue weighted by atomic mass is 32.2. The Bertz CT molecular complexity index is 684. The second-order valence-corrected chi connectivity index (χ2v) is 9.14. The van der Waals surface area contributed by atoms with Crippen LogP contribution in [-0.2, 0) is 24.4 Å². The first kappa shape index (κ1) is 47.5. The van der Waals surface area contributed by atoms with Gasteiger partial charge in [0.15, 0.2) is 0 Å². The summed E-state index contributed by atoms with van der Waals surface area (Å²) in [6.45, 7) is 19.1. The minimum Gasteiger partial charge on any atom is -0.392 e. The second kappa shape index (κ2) is 33.4. The van der Waals surface area contributed by atoms with Gasteiger partial charge in [-0.3, -0.25) is 14.4 Å². The van der Waals surface area contributed by atoms with Crippen molar-refractivity contribution >= 4 is 27.7 Å². The summed E-state index contributed by atoms with van der Waals surface area (Å²) < 4.78 is 23.1. The second-order valence-electron chi connectivity index (χ2n) is 7.31. The molecule has 3 amide bonds. The largest absolute Gasteiger partial charge is 0.392 e. The van der Waals surface area contributed by atoms with Crippen molar-refractivity contribution in [1.29, 1.82) is 0 Å². The zero-order valence-electron chi connectivity index (χ0n) is 22.8. The monoisotopic (exact) mass is 555 g/mol. The Morgan fingerprint density at radius 3 is 1.27 bits per heavy atom. The Morgan fingerprint density at radius 2 is 0.973 bits per heavy atom. The summed E-state index contributed by atoms with van der Waals surface area (Å²) in [5, 5.41) is 16.6. The van der Waals surface area contributed by atoms with Crippen molar-refractivity contribution in [3.8, 4) is 0 Å². The van der Waals surface area contributed by atoms with Crippen molar-refractivity contribution < 1.29 is 22.8 Å². The van der Waals surface area contributed by atoms with Crippen molar-refractivity contribution in [2.45, 2.75) is 55.9 Å². The number of amides is 3. The number of hydrogen-bond acceptors (Lipinski definition) is 8. The van der Waals surface area contributed by atoms with Crippen LogP contribution in [0.15, 0.2) is 24.6 Å². The van der Waals surface area contributed by atoms with Gasteiger partial charge in [0.1, 0.15) is 0 Å². The number of hydrogen-bond donors (Lipinski definition) is 7. The highest BCUT2D eigenvalue weighted by Gasteiger charge is 1.98. The quantitative estimate of drug-likeness (QED) is 0.163. The van der Waals surface area contributed by atoms with Gasteiger partial charge in [-0.05, 0) is 39.6 Å². The zero-order chi connectivity index (χ0) is 28.3. The molecule has 0 radical (unpaired) electrons. The van der Waals surface area contributed by atoms with Gasteiger partial charge in [-0.2, -0.15) is 0 Å². The van der Waals surface area contributed by atoms with Crippen LogP contribution in [0.2, 0.25) is 0 Å². The van der Waals surface area contributed by atoms with Gasteiger partial charge in [0.2, 0.25) is 27.7 Å². The minimum atomic E-state index is -3.12. The molecule has 12 nitrogen and oxygen atoms in total. The maximum Gasteiger partial charge on any atom is 0.216 e. The van der Waals surface area contributed by atoms with Crippen LogP contribution >= 0.6 is 0 Å². The molecule has 0 heterocycles. The van der Waals surface area contributed by atoms with E-state index in [9.17, 15) is 22.8 Å². The van der Waals surface area contributed by atoms with Crippen LogP contribution in [0.1, 0.15) is 55.9 Å². The van der Waals surface area contributed by atoms with Gasteiger partial charge in [-0.25, -0.2) is 13.1 Å². The first-order chi connectivity index (χ1) is 16.1. The molecule has 0 saturated carbocycles. The molecule has 0 aliphatic carbocycles. The Morgan fingerprint density at radius 1 is 0.622 bits per heavy atom. The lowest BCUT2D eigenvalue weighted by atomic mass is 10.4. The van der Waals surface area contributed by atoms with Crippen LogP contribution in [0.5, 0.6) is 0 Å². The Kier molecular flexibility index (Phi) is 42.9. The van der Waals surface area contributed by atoms with Crippen molar-refractivity contribution in [2.75, 3.05) is 59.6 Å². The van der Waals surface area contributed by atoms with E-state index in [1.165, 1.54) is 20.8 Å². The van der Waals surface area contributed by atoms with Crippen LogP contribution in [0, 0.1) is 0 Å². The lowest BCUT2D eigenvalue weighted by molar-refractivity contribution is -0.119. The molecule has 0 aromatic rings. The molecule has 0 bridgehead atoms. The lowest BCUT2D eigenvalue weighted by Crippen LogP contribution is -2.32. The van der Waals surface area contributed by atoms with Gasteiger partial charge < -0.3 is 31.9 Å². The number of carbonyl (C=O) groups is 3. The highest BCUT2D eigenvalue weighted by molar-refractivity contribution is 7.88. The van der Waals surface area contributed by atoms with E-state index in [0.717, 1.165) is 43.7 Å². The van der Waals surface area contributed by atoms with Gasteiger partial charge in [0.25, 0.3) is 0 Å². The number of carbonyl (C=O) groups excluding carboxylic acids is 3. The predicted octanol–water partition coefficient (Wildman–Crippen LogP) is 0.661. The average Bonchev–Trinajstić information content (AvgIpc) is 2.72. The fourth-order valence-corrected chi connectivity index (χ4v) is 1.99. The SMILES string of the molecule is C.C.C=C(C)NC.C=C(C)NCCNC(C)=O.CC(=O)NCCNS(C)(=O)=O.CNCCCNC(C)=O. The first-order valence-corrected chi connectivity index (χ1v) is 13.0. The lowest BCUT2D eigenvalue weighted by Gasteiger charge is -2.04. The van der Waals surface area contributed by atoms with E-state index in [1.54, 1.807) is 0 Å². The molecule has 37 heavy (non-hydrogen) atoms. The third kappa shape index (κ3) is 79.1. The number of allylic oxidation sites excluding steroid dienone is 2. The number of nitrogens with one attached hydrogen (secondary N) is 7. The maximum atomic E-state index is 10.5. The van der Waals surface area contributed by atoms with E-state index >= 15 is 0 Å². The molecule has 0 atom stereocenters. The summed E-state index contributed by atoms with van der Waals surface area (Å²) >= 11 is 0. The summed E-state index contributed by atoms with van der Waals surface area (Å²) in [6, 6.07) is 0.